The van der Waals surface area contributed by atoms with Crippen LogP contribution in [0.25, 0.3) is 0 Å². The Kier molecular flexibility index (Phi) is 4.25. The van der Waals surface area contributed by atoms with Crippen LogP contribution in [0.5, 0.6) is 11.5 Å². The van der Waals surface area contributed by atoms with Crippen molar-refractivity contribution in [3.63, 3.8) is 0 Å². The van der Waals surface area contributed by atoms with Crippen LogP contribution in [0, 0.1) is 0 Å². The minimum absolute atomic E-state index is 0.0517. The van der Waals surface area contributed by atoms with Crippen molar-refractivity contribution in [3.8, 4) is 11.5 Å². The molecule has 0 amide bonds. The number of carbonyl (C=O) groups is 1. The molecule has 104 valence electrons. The fraction of sp³-hybridized carbons (Fsp3) is 0.188. The molecule has 0 saturated heterocycles. The Hall–Kier alpha value is -2.49. The van der Waals surface area contributed by atoms with Gasteiger partial charge in [0.05, 0.1) is 7.11 Å². The summed E-state index contributed by atoms with van der Waals surface area (Å²) < 4.78 is 10.7. The van der Waals surface area contributed by atoms with E-state index in [1.54, 1.807) is 25.3 Å². The number of ether oxygens (including phenoxy) is 2. The molecule has 2 aromatic carbocycles. The second-order valence-electron chi connectivity index (χ2n) is 4.44. The molecule has 4 heteroatoms. The monoisotopic (exact) mass is 271 g/mol. The van der Waals surface area contributed by atoms with Crippen molar-refractivity contribution < 1.29 is 14.3 Å². The van der Waals surface area contributed by atoms with E-state index in [0.717, 1.165) is 11.3 Å². The van der Waals surface area contributed by atoms with Gasteiger partial charge >= 0.3 is 0 Å². The Balaban J connectivity index is 2.03. The molecule has 4 nitrogen and oxygen atoms in total. The lowest BCUT2D eigenvalue weighted by atomic mass is 10.1. The normalized spacial score (nSPS) is 10.1. The first-order valence-electron chi connectivity index (χ1n) is 6.26. The van der Waals surface area contributed by atoms with E-state index in [9.17, 15) is 4.79 Å². The molecule has 0 aliphatic carbocycles. The van der Waals surface area contributed by atoms with Gasteiger partial charge in [0, 0.05) is 17.3 Å². The molecule has 0 heterocycles. The van der Waals surface area contributed by atoms with Crippen LogP contribution in [0.2, 0.25) is 0 Å². The summed E-state index contributed by atoms with van der Waals surface area (Å²) in [5, 5.41) is 0. The molecule has 0 radical (unpaired) electrons. The van der Waals surface area contributed by atoms with Crippen LogP contribution in [0.1, 0.15) is 22.8 Å². The Morgan fingerprint density at radius 2 is 1.75 bits per heavy atom. The summed E-state index contributed by atoms with van der Waals surface area (Å²) in [5.74, 6) is 1.40. The van der Waals surface area contributed by atoms with E-state index in [-0.39, 0.29) is 5.78 Å². The van der Waals surface area contributed by atoms with Gasteiger partial charge in [0.1, 0.15) is 18.1 Å². The van der Waals surface area contributed by atoms with Gasteiger partial charge in [0.15, 0.2) is 5.78 Å². The zero-order valence-electron chi connectivity index (χ0n) is 11.6. The highest BCUT2D eigenvalue weighted by Gasteiger charge is 2.06. The van der Waals surface area contributed by atoms with Gasteiger partial charge in [-0.05, 0) is 36.8 Å². The second-order valence-corrected chi connectivity index (χ2v) is 4.44. The number of nitrogen functional groups attached to an aromatic ring is 1. The fourth-order valence-corrected chi connectivity index (χ4v) is 1.84. The van der Waals surface area contributed by atoms with Crippen LogP contribution in [0.3, 0.4) is 0 Å². The Morgan fingerprint density at radius 1 is 1.10 bits per heavy atom. The van der Waals surface area contributed by atoms with Gasteiger partial charge in [-0.15, -0.1) is 0 Å². The van der Waals surface area contributed by atoms with Crippen LogP contribution in [0.15, 0.2) is 42.5 Å². The Labute approximate surface area is 118 Å². The summed E-state index contributed by atoms with van der Waals surface area (Å²) in [5.41, 5.74) is 7.79. The minimum Gasteiger partial charge on any atom is -0.497 e. The standard InChI is InChI=1S/C16H17NO3/c1-11(18)15-8-7-14(9-16(15)17)20-10-12-3-5-13(19-2)6-4-12/h3-9H,10,17H2,1-2H3. The summed E-state index contributed by atoms with van der Waals surface area (Å²) >= 11 is 0. The molecule has 0 bridgehead atoms. The Morgan fingerprint density at radius 3 is 2.30 bits per heavy atom. The lowest BCUT2D eigenvalue weighted by molar-refractivity contribution is 0.101. The molecule has 0 aliphatic heterocycles. The molecule has 2 N–H and O–H groups in total. The number of rotatable bonds is 5. The maximum absolute atomic E-state index is 11.3. The highest BCUT2D eigenvalue weighted by Crippen LogP contribution is 2.21. The van der Waals surface area contributed by atoms with Gasteiger partial charge in [0.2, 0.25) is 0 Å². The van der Waals surface area contributed by atoms with Gasteiger partial charge in [-0.3, -0.25) is 4.79 Å². The zero-order chi connectivity index (χ0) is 14.5. The predicted octanol–water partition coefficient (Wildman–Crippen LogP) is 3.06. The van der Waals surface area contributed by atoms with Crippen molar-refractivity contribution >= 4 is 11.5 Å². The second kappa shape index (κ2) is 6.10. The molecule has 2 aromatic rings. The SMILES string of the molecule is COc1ccc(COc2ccc(C(C)=O)c(N)c2)cc1. The number of nitrogens with two attached hydrogens (primary N) is 1. The van der Waals surface area contributed by atoms with Crippen LogP contribution in [0.4, 0.5) is 5.69 Å². The summed E-state index contributed by atoms with van der Waals surface area (Å²) in [6, 6.07) is 12.7. The average Bonchev–Trinajstić information content (AvgIpc) is 2.45. The lowest BCUT2D eigenvalue weighted by Gasteiger charge is -2.09. The Bertz CT molecular complexity index is 606. The van der Waals surface area contributed by atoms with E-state index < -0.39 is 0 Å². The number of Topliss-reactive ketones (excluding diaryl/α,β-unsaturated/α-hetero) is 1. The molecule has 0 saturated carbocycles. The maximum atomic E-state index is 11.3. The van der Waals surface area contributed by atoms with E-state index in [0.29, 0.717) is 23.6 Å². The largest absolute Gasteiger partial charge is 0.497 e. The van der Waals surface area contributed by atoms with Gasteiger partial charge in [-0.25, -0.2) is 0 Å². The van der Waals surface area contributed by atoms with E-state index >= 15 is 0 Å². The van der Waals surface area contributed by atoms with Crippen LogP contribution in [-0.2, 0) is 6.61 Å². The van der Waals surface area contributed by atoms with Crippen molar-refractivity contribution in [3.05, 3.63) is 53.6 Å². The van der Waals surface area contributed by atoms with E-state index in [2.05, 4.69) is 0 Å². The predicted molar refractivity (Wildman–Crippen MR) is 78.2 cm³/mol. The highest BCUT2D eigenvalue weighted by atomic mass is 16.5. The summed E-state index contributed by atoms with van der Waals surface area (Å²) in [4.78, 5) is 11.3. The van der Waals surface area contributed by atoms with E-state index in [1.807, 2.05) is 24.3 Å². The van der Waals surface area contributed by atoms with Gasteiger partial charge < -0.3 is 15.2 Å². The molecule has 0 aliphatic rings. The topological polar surface area (TPSA) is 61.5 Å². The number of ketones is 1. The van der Waals surface area contributed by atoms with Crippen molar-refractivity contribution in [2.45, 2.75) is 13.5 Å². The maximum Gasteiger partial charge on any atom is 0.161 e. The first-order chi connectivity index (χ1) is 9.60. The summed E-state index contributed by atoms with van der Waals surface area (Å²) in [6.45, 7) is 1.92. The quantitative estimate of drug-likeness (QED) is 0.670. The minimum atomic E-state index is -0.0517. The van der Waals surface area contributed by atoms with Gasteiger partial charge in [-0.1, -0.05) is 12.1 Å². The first-order valence-corrected chi connectivity index (χ1v) is 6.26. The van der Waals surface area contributed by atoms with Crippen molar-refractivity contribution in [1.29, 1.82) is 0 Å². The van der Waals surface area contributed by atoms with E-state index in [1.165, 1.54) is 6.92 Å². The van der Waals surface area contributed by atoms with Gasteiger partial charge in [-0.2, -0.15) is 0 Å². The fourth-order valence-electron chi connectivity index (χ4n) is 1.84. The van der Waals surface area contributed by atoms with Crippen LogP contribution < -0.4 is 15.2 Å². The zero-order valence-corrected chi connectivity index (χ0v) is 11.6. The molecule has 0 spiro atoms. The molecule has 2 rings (SSSR count). The smallest absolute Gasteiger partial charge is 0.161 e. The third-order valence-electron chi connectivity index (χ3n) is 2.97. The summed E-state index contributed by atoms with van der Waals surface area (Å²) in [7, 11) is 1.63. The van der Waals surface area contributed by atoms with Crippen LogP contribution in [-0.4, -0.2) is 12.9 Å². The molecule has 0 atom stereocenters. The number of carbonyl (C=O) groups excluding carboxylic acids is 1. The molecular weight excluding hydrogens is 254 g/mol. The van der Waals surface area contributed by atoms with Gasteiger partial charge in [0.25, 0.3) is 0 Å². The number of hydrogen-bond donors (Lipinski definition) is 1. The number of methoxy groups -OCH3 is 1. The first kappa shape index (κ1) is 13.9. The summed E-state index contributed by atoms with van der Waals surface area (Å²) in [6.07, 6.45) is 0. The highest BCUT2D eigenvalue weighted by molar-refractivity contribution is 5.99. The molecule has 0 fully saturated rings. The van der Waals surface area contributed by atoms with E-state index in [4.69, 9.17) is 15.2 Å². The lowest BCUT2D eigenvalue weighted by Crippen LogP contribution is -2.01. The third-order valence-corrected chi connectivity index (χ3v) is 2.97. The van der Waals surface area contributed by atoms with Crippen molar-refractivity contribution in [2.75, 3.05) is 12.8 Å². The molecule has 20 heavy (non-hydrogen) atoms. The number of anilines is 1. The third kappa shape index (κ3) is 3.29. The van der Waals surface area contributed by atoms with Crippen LogP contribution >= 0.6 is 0 Å². The molecule has 0 aromatic heterocycles. The molecule has 0 unspecified atom stereocenters. The van der Waals surface area contributed by atoms with Crippen molar-refractivity contribution in [2.24, 2.45) is 0 Å². The van der Waals surface area contributed by atoms with Crippen molar-refractivity contribution in [1.82, 2.24) is 0 Å². The number of hydrogen-bond acceptors (Lipinski definition) is 4. The number of benzene rings is 2. The average molecular weight is 271 g/mol. The molecular formula is C16H17NO3.